The zero-order valence-corrected chi connectivity index (χ0v) is 14.6. The zero-order valence-electron chi connectivity index (χ0n) is 13.8. The number of carbonyl (C=O) groups excluding carboxylic acids is 1. The number of aryl methyl sites for hydroxylation is 1. The average Bonchev–Trinajstić information content (AvgIpc) is 2.57. The number of hydrogen-bond acceptors (Lipinski definition) is 2. The minimum absolute atomic E-state index is 0.148. The Morgan fingerprint density at radius 1 is 1.30 bits per heavy atom. The van der Waals surface area contributed by atoms with E-state index >= 15 is 0 Å². The van der Waals surface area contributed by atoms with Gasteiger partial charge >= 0.3 is 0 Å². The summed E-state index contributed by atoms with van der Waals surface area (Å²) in [6.45, 7) is 2.84. The number of carbonyl (C=O) groups is 1. The van der Waals surface area contributed by atoms with Crippen LogP contribution in [0.4, 0.5) is 0 Å². The predicted octanol–water partition coefficient (Wildman–Crippen LogP) is 4.14. The van der Waals surface area contributed by atoms with E-state index in [4.69, 9.17) is 16.5 Å². The van der Waals surface area contributed by atoms with E-state index in [0.29, 0.717) is 24.3 Å². The third-order valence-electron chi connectivity index (χ3n) is 6.67. The lowest BCUT2D eigenvalue weighted by Gasteiger charge is -2.54. The van der Waals surface area contributed by atoms with Crippen LogP contribution in [0.25, 0.3) is 0 Å². The minimum Gasteiger partial charge on any atom is -0.497 e. The van der Waals surface area contributed by atoms with E-state index in [1.165, 1.54) is 22.0 Å². The molecule has 4 heteroatoms. The highest BCUT2D eigenvalue weighted by molar-refractivity contribution is 6.22. The van der Waals surface area contributed by atoms with Crippen LogP contribution >= 0.6 is 11.8 Å². The Hall–Kier alpha value is -1.22. The number of nitrogens with zero attached hydrogens (tertiary/aromatic N) is 1. The molecule has 1 saturated heterocycles. The van der Waals surface area contributed by atoms with Crippen LogP contribution in [0, 0.1) is 17.3 Å². The second-order valence-corrected chi connectivity index (χ2v) is 8.02. The Balaban J connectivity index is 1.68. The quantitative estimate of drug-likeness (QED) is 0.723. The third-order valence-corrected chi connectivity index (χ3v) is 6.99. The van der Waals surface area contributed by atoms with Crippen molar-refractivity contribution < 1.29 is 9.53 Å². The summed E-state index contributed by atoms with van der Waals surface area (Å²) < 4.78 is 6.81. The molecule has 0 bridgehead atoms. The monoisotopic (exact) mass is 333 g/mol. The van der Waals surface area contributed by atoms with Gasteiger partial charge in [-0.1, -0.05) is 13.0 Å². The molecule has 23 heavy (non-hydrogen) atoms. The number of ether oxygens (including phenoxy) is 1. The van der Waals surface area contributed by atoms with Gasteiger partial charge in [-0.15, -0.1) is 0 Å². The lowest BCUT2D eigenvalue weighted by Crippen LogP contribution is -2.54. The molecule has 1 heterocycles. The first kappa shape index (κ1) is 15.3. The summed E-state index contributed by atoms with van der Waals surface area (Å²) in [7, 11) is 1.73. The first-order chi connectivity index (χ1) is 11.0. The van der Waals surface area contributed by atoms with Gasteiger partial charge in [-0.05, 0) is 73.1 Å². The maximum absolute atomic E-state index is 12.7. The van der Waals surface area contributed by atoms with Crippen molar-refractivity contribution in [2.24, 2.45) is 17.3 Å². The van der Waals surface area contributed by atoms with E-state index < -0.39 is 0 Å². The first-order valence-electron chi connectivity index (χ1n) is 8.69. The molecule has 0 aromatic heterocycles. The molecule has 1 saturated carbocycles. The molecule has 4 unspecified atom stereocenters. The van der Waals surface area contributed by atoms with Crippen molar-refractivity contribution in [1.29, 1.82) is 0 Å². The molecule has 4 rings (SSSR count). The van der Waals surface area contributed by atoms with Crippen molar-refractivity contribution >= 4 is 17.7 Å². The average molecular weight is 334 g/mol. The number of methoxy groups -OCH3 is 1. The highest BCUT2D eigenvalue weighted by atomic mass is 35.5. The van der Waals surface area contributed by atoms with Gasteiger partial charge < -0.3 is 4.74 Å². The lowest BCUT2D eigenvalue weighted by atomic mass is 9.52. The molecule has 2 fully saturated rings. The van der Waals surface area contributed by atoms with Crippen LogP contribution in [-0.2, 0) is 11.2 Å². The Bertz CT molecular complexity index is 646. The minimum atomic E-state index is -0.259. The van der Waals surface area contributed by atoms with Crippen molar-refractivity contribution in [3.05, 3.63) is 29.3 Å². The third kappa shape index (κ3) is 2.20. The summed E-state index contributed by atoms with van der Waals surface area (Å²) in [5.41, 5.74) is 2.67. The number of hydrogen-bond donors (Lipinski definition) is 0. The predicted molar refractivity (Wildman–Crippen MR) is 90.6 cm³/mol. The van der Waals surface area contributed by atoms with E-state index in [1.54, 1.807) is 7.11 Å². The summed E-state index contributed by atoms with van der Waals surface area (Å²) in [5.74, 6) is 2.78. The van der Waals surface area contributed by atoms with Gasteiger partial charge in [-0.2, -0.15) is 0 Å². The molecular weight excluding hydrogens is 310 g/mol. The van der Waals surface area contributed by atoms with E-state index in [0.717, 1.165) is 31.4 Å². The van der Waals surface area contributed by atoms with Crippen molar-refractivity contribution in [2.45, 2.75) is 44.9 Å². The van der Waals surface area contributed by atoms with Gasteiger partial charge in [0.1, 0.15) is 5.75 Å². The zero-order chi connectivity index (χ0) is 16.2. The Kier molecular flexibility index (Phi) is 3.60. The van der Waals surface area contributed by atoms with Crippen LogP contribution in [0.15, 0.2) is 18.2 Å². The van der Waals surface area contributed by atoms with Gasteiger partial charge in [-0.3, -0.25) is 9.21 Å². The van der Waals surface area contributed by atoms with E-state index in [-0.39, 0.29) is 11.3 Å². The van der Waals surface area contributed by atoms with E-state index in [2.05, 4.69) is 25.1 Å². The summed E-state index contributed by atoms with van der Waals surface area (Å²) in [6, 6.07) is 6.54. The highest BCUT2D eigenvalue weighted by Gasteiger charge is 2.54. The fourth-order valence-corrected chi connectivity index (χ4v) is 5.73. The van der Waals surface area contributed by atoms with Gasteiger partial charge in [0, 0.05) is 18.3 Å². The number of benzene rings is 1. The molecule has 1 aromatic carbocycles. The van der Waals surface area contributed by atoms with Crippen molar-refractivity contribution in [1.82, 2.24) is 4.42 Å². The molecule has 0 radical (unpaired) electrons. The topological polar surface area (TPSA) is 29.5 Å². The molecule has 0 spiro atoms. The molecule has 1 amide bonds. The van der Waals surface area contributed by atoms with Crippen molar-refractivity contribution in [3.8, 4) is 5.75 Å². The van der Waals surface area contributed by atoms with E-state index in [9.17, 15) is 4.79 Å². The standard InChI is InChI=1S/C19H24ClNO2/c1-19-9-7-15-14-6-4-13(23-2)11-12(14)3-5-16(15)17(19)8-10-21(20)18(19)22/h4,6,11,15-17H,3,5,7-10H2,1-2H3. The second-order valence-electron chi connectivity index (χ2n) is 7.62. The fraction of sp³-hybridized carbons (Fsp3) is 0.632. The number of piperidine rings is 1. The number of fused-ring (bicyclic) bond motifs is 5. The normalized spacial score (nSPS) is 36.0. The van der Waals surface area contributed by atoms with Crippen LogP contribution in [0.2, 0.25) is 0 Å². The molecule has 1 aliphatic heterocycles. The molecule has 2 aliphatic carbocycles. The molecule has 124 valence electrons. The molecule has 4 atom stereocenters. The molecule has 3 aliphatic rings. The summed E-state index contributed by atoms with van der Waals surface area (Å²) in [4.78, 5) is 12.7. The Morgan fingerprint density at radius 2 is 2.13 bits per heavy atom. The Morgan fingerprint density at radius 3 is 2.91 bits per heavy atom. The van der Waals surface area contributed by atoms with Gasteiger partial charge in [0.05, 0.1) is 12.5 Å². The van der Waals surface area contributed by atoms with Gasteiger partial charge in [0.25, 0.3) is 0 Å². The van der Waals surface area contributed by atoms with Gasteiger partial charge in [0.2, 0.25) is 5.91 Å². The van der Waals surface area contributed by atoms with Crippen LogP contribution in [0.1, 0.15) is 49.7 Å². The molecule has 1 aromatic rings. The lowest BCUT2D eigenvalue weighted by molar-refractivity contribution is -0.150. The second kappa shape index (κ2) is 5.41. The van der Waals surface area contributed by atoms with Gasteiger partial charge in [-0.25, -0.2) is 0 Å². The SMILES string of the molecule is COc1ccc2c(c1)CCC1C2CCC2(C)C(=O)N(Cl)CCC12. The number of halogens is 1. The number of rotatable bonds is 1. The first-order valence-corrected chi connectivity index (χ1v) is 9.03. The van der Waals surface area contributed by atoms with Crippen molar-refractivity contribution in [2.75, 3.05) is 13.7 Å². The maximum Gasteiger partial charge on any atom is 0.243 e. The van der Waals surface area contributed by atoms with E-state index in [1.807, 2.05) is 0 Å². The molecular formula is C19H24ClNO2. The van der Waals surface area contributed by atoms with Crippen molar-refractivity contribution in [3.63, 3.8) is 0 Å². The van der Waals surface area contributed by atoms with Crippen LogP contribution in [0.3, 0.4) is 0 Å². The molecule has 0 N–H and O–H groups in total. The summed E-state index contributed by atoms with van der Waals surface area (Å²) >= 11 is 6.14. The van der Waals surface area contributed by atoms with Crippen LogP contribution < -0.4 is 4.74 Å². The van der Waals surface area contributed by atoms with Crippen LogP contribution in [-0.4, -0.2) is 24.0 Å². The number of amides is 1. The summed E-state index contributed by atoms with van der Waals surface area (Å²) in [6.07, 6.45) is 5.36. The Labute approximate surface area is 143 Å². The highest BCUT2D eigenvalue weighted by Crippen LogP contribution is 2.58. The van der Waals surface area contributed by atoms with Crippen LogP contribution in [0.5, 0.6) is 5.75 Å². The molecule has 3 nitrogen and oxygen atoms in total. The smallest absolute Gasteiger partial charge is 0.243 e. The van der Waals surface area contributed by atoms with Gasteiger partial charge in [0.15, 0.2) is 0 Å². The largest absolute Gasteiger partial charge is 0.497 e. The maximum atomic E-state index is 12.7. The summed E-state index contributed by atoms with van der Waals surface area (Å²) in [5, 5.41) is 0. The fourth-order valence-electron chi connectivity index (χ4n) is 5.44.